The molecule has 0 aliphatic carbocycles. The van der Waals surface area contributed by atoms with Crippen LogP contribution in [0, 0.1) is 5.92 Å². The standard InChI is InChI=1S/C15H22O2/c16-15(14-9-5-11-17-12-14)10-4-8-13-6-2-1-3-7-13/h1-3,6-7,14-16H,4-5,8-12H2. The highest BCUT2D eigenvalue weighted by molar-refractivity contribution is 5.14. The second-order valence-corrected chi connectivity index (χ2v) is 4.92. The molecular weight excluding hydrogens is 212 g/mol. The third-order valence-corrected chi connectivity index (χ3v) is 3.55. The second kappa shape index (κ2) is 6.77. The van der Waals surface area contributed by atoms with E-state index in [0.717, 1.165) is 45.3 Å². The maximum Gasteiger partial charge on any atom is 0.0590 e. The molecule has 1 saturated heterocycles. The zero-order chi connectivity index (χ0) is 11.9. The largest absolute Gasteiger partial charge is 0.393 e. The van der Waals surface area contributed by atoms with Gasteiger partial charge in [0.05, 0.1) is 12.7 Å². The molecule has 0 bridgehead atoms. The van der Waals surface area contributed by atoms with Gasteiger partial charge in [-0.05, 0) is 37.7 Å². The molecule has 1 aliphatic rings. The van der Waals surface area contributed by atoms with Crippen LogP contribution >= 0.6 is 0 Å². The molecule has 1 aromatic rings. The van der Waals surface area contributed by atoms with E-state index in [1.165, 1.54) is 5.56 Å². The lowest BCUT2D eigenvalue weighted by Gasteiger charge is -2.26. The van der Waals surface area contributed by atoms with Gasteiger partial charge in [0.2, 0.25) is 0 Å². The van der Waals surface area contributed by atoms with Crippen molar-refractivity contribution in [2.75, 3.05) is 13.2 Å². The summed E-state index contributed by atoms with van der Waals surface area (Å²) in [5.74, 6) is 0.361. The SMILES string of the molecule is OC(CCCc1ccccc1)C1CCCOC1. The van der Waals surface area contributed by atoms with Crippen molar-refractivity contribution in [3.05, 3.63) is 35.9 Å². The Morgan fingerprint density at radius 2 is 2.12 bits per heavy atom. The van der Waals surface area contributed by atoms with Gasteiger partial charge in [-0.1, -0.05) is 30.3 Å². The van der Waals surface area contributed by atoms with E-state index < -0.39 is 0 Å². The molecular formula is C15H22O2. The van der Waals surface area contributed by atoms with Gasteiger partial charge in [-0.3, -0.25) is 0 Å². The molecule has 1 fully saturated rings. The number of hydrogen-bond donors (Lipinski definition) is 1. The number of aliphatic hydroxyl groups excluding tert-OH is 1. The van der Waals surface area contributed by atoms with E-state index in [4.69, 9.17) is 4.74 Å². The second-order valence-electron chi connectivity index (χ2n) is 4.92. The Bertz CT molecular complexity index is 304. The summed E-state index contributed by atoms with van der Waals surface area (Å²) in [6, 6.07) is 10.5. The van der Waals surface area contributed by atoms with Gasteiger partial charge in [0.25, 0.3) is 0 Å². The predicted octanol–water partition coefficient (Wildman–Crippen LogP) is 2.80. The van der Waals surface area contributed by atoms with E-state index in [2.05, 4.69) is 24.3 Å². The molecule has 0 aromatic heterocycles. The Labute approximate surface area is 104 Å². The molecule has 2 atom stereocenters. The lowest BCUT2D eigenvalue weighted by Crippen LogP contribution is -2.29. The first-order valence-corrected chi connectivity index (χ1v) is 6.66. The van der Waals surface area contributed by atoms with Gasteiger partial charge < -0.3 is 9.84 Å². The summed E-state index contributed by atoms with van der Waals surface area (Å²) in [5, 5.41) is 10.1. The van der Waals surface area contributed by atoms with Gasteiger partial charge in [0.15, 0.2) is 0 Å². The van der Waals surface area contributed by atoms with Crippen molar-refractivity contribution in [3.63, 3.8) is 0 Å². The first-order valence-electron chi connectivity index (χ1n) is 6.66. The summed E-state index contributed by atoms with van der Waals surface area (Å²) < 4.78 is 5.41. The Balaban J connectivity index is 1.67. The van der Waals surface area contributed by atoms with Gasteiger partial charge >= 0.3 is 0 Å². The van der Waals surface area contributed by atoms with E-state index >= 15 is 0 Å². The highest BCUT2D eigenvalue weighted by Gasteiger charge is 2.21. The molecule has 0 spiro atoms. The Kier molecular flexibility index (Phi) is 5.02. The van der Waals surface area contributed by atoms with Gasteiger partial charge in [-0.2, -0.15) is 0 Å². The van der Waals surface area contributed by atoms with Gasteiger partial charge in [0, 0.05) is 12.5 Å². The number of aliphatic hydroxyl groups is 1. The van der Waals surface area contributed by atoms with Crippen LogP contribution < -0.4 is 0 Å². The quantitative estimate of drug-likeness (QED) is 0.849. The Hall–Kier alpha value is -0.860. The number of hydrogen-bond acceptors (Lipinski definition) is 2. The van der Waals surface area contributed by atoms with Gasteiger partial charge in [-0.25, -0.2) is 0 Å². The third kappa shape index (κ3) is 4.14. The summed E-state index contributed by atoms with van der Waals surface area (Å²) in [4.78, 5) is 0. The van der Waals surface area contributed by atoms with Crippen molar-refractivity contribution in [3.8, 4) is 0 Å². The van der Waals surface area contributed by atoms with Crippen LogP contribution in [0.25, 0.3) is 0 Å². The lowest BCUT2D eigenvalue weighted by molar-refractivity contribution is -0.0124. The maximum absolute atomic E-state index is 10.1. The lowest BCUT2D eigenvalue weighted by atomic mass is 9.92. The third-order valence-electron chi connectivity index (χ3n) is 3.55. The molecule has 1 aliphatic heterocycles. The van der Waals surface area contributed by atoms with Crippen LogP contribution in [-0.4, -0.2) is 24.4 Å². The van der Waals surface area contributed by atoms with Crippen LogP contribution in [-0.2, 0) is 11.2 Å². The number of rotatable bonds is 5. The molecule has 1 aromatic carbocycles. The smallest absolute Gasteiger partial charge is 0.0590 e. The van der Waals surface area contributed by atoms with Crippen LogP contribution in [0.1, 0.15) is 31.2 Å². The zero-order valence-electron chi connectivity index (χ0n) is 10.3. The van der Waals surface area contributed by atoms with Crippen molar-refractivity contribution in [2.24, 2.45) is 5.92 Å². The fourth-order valence-corrected chi connectivity index (χ4v) is 2.46. The molecule has 17 heavy (non-hydrogen) atoms. The minimum absolute atomic E-state index is 0.181. The van der Waals surface area contributed by atoms with Gasteiger partial charge in [0.1, 0.15) is 0 Å². The first-order chi connectivity index (χ1) is 8.36. The minimum Gasteiger partial charge on any atom is -0.393 e. The topological polar surface area (TPSA) is 29.5 Å². The van der Waals surface area contributed by atoms with Crippen LogP contribution in [0.3, 0.4) is 0 Å². The fraction of sp³-hybridized carbons (Fsp3) is 0.600. The molecule has 2 nitrogen and oxygen atoms in total. The molecule has 0 saturated carbocycles. The predicted molar refractivity (Wildman–Crippen MR) is 68.9 cm³/mol. The zero-order valence-corrected chi connectivity index (χ0v) is 10.3. The number of ether oxygens (including phenoxy) is 1. The molecule has 2 unspecified atom stereocenters. The van der Waals surface area contributed by atoms with Crippen LogP contribution in [0.2, 0.25) is 0 Å². The van der Waals surface area contributed by atoms with Crippen LogP contribution in [0.15, 0.2) is 30.3 Å². The molecule has 0 amide bonds. The van der Waals surface area contributed by atoms with Crippen molar-refractivity contribution in [1.29, 1.82) is 0 Å². The average Bonchev–Trinajstić information content (AvgIpc) is 2.41. The van der Waals surface area contributed by atoms with Crippen molar-refractivity contribution < 1.29 is 9.84 Å². The molecule has 0 radical (unpaired) electrons. The van der Waals surface area contributed by atoms with Crippen molar-refractivity contribution in [1.82, 2.24) is 0 Å². The fourth-order valence-electron chi connectivity index (χ4n) is 2.46. The average molecular weight is 234 g/mol. The summed E-state index contributed by atoms with van der Waals surface area (Å²) >= 11 is 0. The summed E-state index contributed by atoms with van der Waals surface area (Å²) in [6.07, 6.45) is 5.04. The van der Waals surface area contributed by atoms with Crippen LogP contribution in [0.4, 0.5) is 0 Å². The highest BCUT2D eigenvalue weighted by atomic mass is 16.5. The van der Waals surface area contributed by atoms with E-state index in [9.17, 15) is 5.11 Å². The Morgan fingerprint density at radius 3 is 2.82 bits per heavy atom. The summed E-state index contributed by atoms with van der Waals surface area (Å²) in [7, 11) is 0. The normalized spacial score (nSPS) is 22.3. The highest BCUT2D eigenvalue weighted by Crippen LogP contribution is 2.21. The summed E-state index contributed by atoms with van der Waals surface area (Å²) in [5.41, 5.74) is 1.36. The monoisotopic (exact) mass is 234 g/mol. The maximum atomic E-state index is 10.1. The first kappa shape index (κ1) is 12.6. The van der Waals surface area contributed by atoms with E-state index in [-0.39, 0.29) is 6.10 Å². The minimum atomic E-state index is -0.181. The number of aryl methyl sites for hydroxylation is 1. The molecule has 1 N–H and O–H groups in total. The molecule has 2 rings (SSSR count). The summed E-state index contributed by atoms with van der Waals surface area (Å²) in [6.45, 7) is 1.61. The van der Waals surface area contributed by atoms with Crippen molar-refractivity contribution >= 4 is 0 Å². The van der Waals surface area contributed by atoms with E-state index in [1.54, 1.807) is 0 Å². The molecule has 1 heterocycles. The van der Waals surface area contributed by atoms with E-state index in [0.29, 0.717) is 5.92 Å². The van der Waals surface area contributed by atoms with E-state index in [1.807, 2.05) is 6.07 Å². The van der Waals surface area contributed by atoms with Crippen LogP contribution in [0.5, 0.6) is 0 Å². The molecule has 94 valence electrons. The van der Waals surface area contributed by atoms with Gasteiger partial charge in [-0.15, -0.1) is 0 Å². The molecule has 2 heteroatoms. The Morgan fingerprint density at radius 1 is 1.29 bits per heavy atom. The number of benzene rings is 1. The van der Waals surface area contributed by atoms with Crippen molar-refractivity contribution in [2.45, 2.75) is 38.2 Å².